The molecule has 6 nitrogen and oxygen atoms in total. The average Bonchev–Trinajstić information content (AvgIpc) is 2.54. The summed E-state index contributed by atoms with van der Waals surface area (Å²) in [6.45, 7) is 1.75. The Bertz CT molecular complexity index is 841. The van der Waals surface area contributed by atoms with Gasteiger partial charge in [0, 0.05) is 31.4 Å². The lowest BCUT2D eigenvalue weighted by atomic mass is 10.1. The minimum absolute atomic E-state index is 0.131. The third-order valence-corrected chi connectivity index (χ3v) is 4.11. The van der Waals surface area contributed by atoms with E-state index < -0.39 is 11.2 Å². The number of halogens is 1. The number of carbonyl (C=O) groups excluding carboxylic acids is 1. The number of carbonyl (C=O) groups is 1. The van der Waals surface area contributed by atoms with Crippen LogP contribution in [-0.2, 0) is 18.4 Å². The molecule has 1 aromatic heterocycles. The maximum Gasteiger partial charge on any atom is 0.331 e. The van der Waals surface area contributed by atoms with Crippen LogP contribution in [-0.4, -0.2) is 27.0 Å². The van der Waals surface area contributed by atoms with Crippen molar-refractivity contribution in [3.05, 3.63) is 68.0 Å². The van der Waals surface area contributed by atoms with E-state index in [0.717, 1.165) is 10.1 Å². The summed E-state index contributed by atoms with van der Waals surface area (Å²) in [5, 5.41) is 0.601. The first-order valence-corrected chi connectivity index (χ1v) is 7.46. The second-order valence-corrected chi connectivity index (χ2v) is 5.80. The highest BCUT2D eigenvalue weighted by atomic mass is 35.5. The third kappa shape index (κ3) is 3.71. The highest BCUT2D eigenvalue weighted by Crippen LogP contribution is 2.21. The summed E-state index contributed by atoms with van der Waals surface area (Å²) in [5.41, 5.74) is -0.0184. The third-order valence-electron chi connectivity index (χ3n) is 3.87. The van der Waals surface area contributed by atoms with Crippen molar-refractivity contribution in [2.24, 2.45) is 7.05 Å². The Morgan fingerprint density at radius 1 is 1.30 bits per heavy atom. The molecule has 2 rings (SSSR count). The normalized spacial score (nSPS) is 12.0. The van der Waals surface area contributed by atoms with Crippen LogP contribution >= 0.6 is 11.6 Å². The van der Waals surface area contributed by atoms with Crippen molar-refractivity contribution in [3.63, 3.8) is 0 Å². The first-order valence-electron chi connectivity index (χ1n) is 7.09. The van der Waals surface area contributed by atoms with E-state index in [4.69, 9.17) is 11.6 Å². The van der Waals surface area contributed by atoms with E-state index in [9.17, 15) is 14.4 Å². The summed E-state index contributed by atoms with van der Waals surface area (Å²) in [4.78, 5) is 37.3. The van der Waals surface area contributed by atoms with Gasteiger partial charge >= 0.3 is 5.69 Å². The fourth-order valence-corrected chi connectivity index (χ4v) is 2.40. The molecule has 0 radical (unpaired) electrons. The molecule has 122 valence electrons. The Morgan fingerprint density at radius 2 is 2.00 bits per heavy atom. The number of nitrogens with zero attached hydrogens (tertiary/aromatic N) is 3. The Morgan fingerprint density at radius 3 is 2.65 bits per heavy atom. The zero-order chi connectivity index (χ0) is 17.1. The lowest BCUT2D eigenvalue weighted by Crippen LogP contribution is -2.41. The van der Waals surface area contributed by atoms with Crippen LogP contribution in [0.3, 0.4) is 0 Å². The van der Waals surface area contributed by atoms with Crippen LogP contribution in [0.4, 0.5) is 0 Å². The molecule has 1 amide bonds. The van der Waals surface area contributed by atoms with Gasteiger partial charge in [-0.2, -0.15) is 0 Å². The van der Waals surface area contributed by atoms with Crippen molar-refractivity contribution >= 4 is 17.5 Å². The lowest BCUT2D eigenvalue weighted by molar-refractivity contribution is -0.132. The van der Waals surface area contributed by atoms with Crippen molar-refractivity contribution < 1.29 is 4.79 Å². The summed E-state index contributed by atoms with van der Waals surface area (Å²) in [7, 11) is 3.05. The second-order valence-electron chi connectivity index (χ2n) is 5.36. The fourth-order valence-electron chi connectivity index (χ4n) is 2.20. The van der Waals surface area contributed by atoms with Gasteiger partial charge in [0.05, 0.1) is 6.04 Å². The molecule has 0 aliphatic heterocycles. The van der Waals surface area contributed by atoms with Crippen LogP contribution in [0.1, 0.15) is 18.5 Å². The van der Waals surface area contributed by atoms with Crippen LogP contribution in [0.2, 0.25) is 5.02 Å². The lowest BCUT2D eigenvalue weighted by Gasteiger charge is -2.26. The molecule has 1 heterocycles. The average molecular weight is 336 g/mol. The van der Waals surface area contributed by atoms with Gasteiger partial charge in [-0.15, -0.1) is 0 Å². The predicted octanol–water partition coefficient (Wildman–Crippen LogP) is 1.42. The van der Waals surface area contributed by atoms with Crippen molar-refractivity contribution in [1.29, 1.82) is 0 Å². The van der Waals surface area contributed by atoms with Crippen LogP contribution in [0.5, 0.6) is 0 Å². The first kappa shape index (κ1) is 17.0. The van der Waals surface area contributed by atoms with Crippen molar-refractivity contribution in [2.75, 3.05) is 7.05 Å². The summed E-state index contributed by atoms with van der Waals surface area (Å²) < 4.78 is 2.18. The topological polar surface area (TPSA) is 64.3 Å². The Kier molecular flexibility index (Phi) is 5.05. The zero-order valence-electron chi connectivity index (χ0n) is 13.2. The van der Waals surface area contributed by atoms with Gasteiger partial charge in [-0.25, -0.2) is 4.79 Å². The highest BCUT2D eigenvalue weighted by molar-refractivity contribution is 6.30. The molecular weight excluding hydrogens is 318 g/mol. The van der Waals surface area contributed by atoms with E-state index in [1.165, 1.54) is 23.9 Å². The van der Waals surface area contributed by atoms with Crippen LogP contribution < -0.4 is 11.2 Å². The number of hydrogen-bond acceptors (Lipinski definition) is 3. The van der Waals surface area contributed by atoms with Crippen molar-refractivity contribution in [2.45, 2.75) is 19.5 Å². The van der Waals surface area contributed by atoms with Crippen LogP contribution in [0, 0.1) is 0 Å². The van der Waals surface area contributed by atoms with Gasteiger partial charge in [0.25, 0.3) is 5.56 Å². The molecule has 0 saturated heterocycles. The Labute approximate surface area is 138 Å². The number of likely N-dealkylation sites (N-methyl/N-ethyl adjacent to an activating group) is 1. The summed E-state index contributed by atoms with van der Waals surface area (Å²) in [6.07, 6.45) is 1.33. The molecule has 1 aromatic carbocycles. The number of hydrogen-bond donors (Lipinski definition) is 0. The molecular formula is C16H18ClN3O3. The molecule has 0 bridgehead atoms. The summed E-state index contributed by atoms with van der Waals surface area (Å²) in [5.74, 6) is -0.238. The van der Waals surface area contributed by atoms with Gasteiger partial charge in [0.1, 0.15) is 6.54 Å². The van der Waals surface area contributed by atoms with Gasteiger partial charge in [-0.3, -0.25) is 18.7 Å². The molecule has 0 fully saturated rings. The van der Waals surface area contributed by atoms with Crippen molar-refractivity contribution in [3.8, 4) is 0 Å². The molecule has 1 atom stereocenters. The number of rotatable bonds is 4. The summed E-state index contributed by atoms with van der Waals surface area (Å²) in [6, 6.07) is 8.35. The fraction of sp³-hybridized carbons (Fsp3) is 0.312. The smallest absolute Gasteiger partial charge is 0.331 e. The standard InChI is InChI=1S/C16H18ClN3O3/c1-11(12-5-4-6-13(17)9-12)18(2)15(22)10-20-8-7-14(21)19(3)16(20)23/h4-9,11H,10H2,1-3H3/t11-/m0/s1. The Balaban J connectivity index is 2.19. The molecule has 0 aliphatic carbocycles. The number of aromatic nitrogens is 2. The van der Waals surface area contributed by atoms with Crippen molar-refractivity contribution in [1.82, 2.24) is 14.0 Å². The molecule has 0 spiro atoms. The first-order chi connectivity index (χ1) is 10.8. The van der Waals surface area contributed by atoms with Gasteiger partial charge < -0.3 is 4.90 Å². The molecule has 0 unspecified atom stereocenters. The molecule has 0 aliphatic rings. The van der Waals surface area contributed by atoms with Gasteiger partial charge in [0.15, 0.2) is 0 Å². The van der Waals surface area contributed by atoms with E-state index in [2.05, 4.69) is 0 Å². The molecule has 23 heavy (non-hydrogen) atoms. The predicted molar refractivity (Wildman–Crippen MR) is 88.6 cm³/mol. The monoisotopic (exact) mass is 335 g/mol. The molecule has 0 saturated carbocycles. The molecule has 7 heteroatoms. The number of amides is 1. The highest BCUT2D eigenvalue weighted by Gasteiger charge is 2.18. The van der Waals surface area contributed by atoms with E-state index >= 15 is 0 Å². The maximum absolute atomic E-state index is 12.4. The zero-order valence-corrected chi connectivity index (χ0v) is 13.9. The minimum Gasteiger partial charge on any atom is -0.337 e. The van der Waals surface area contributed by atoms with Gasteiger partial charge in [-0.1, -0.05) is 23.7 Å². The van der Waals surface area contributed by atoms with Gasteiger partial charge in [0.2, 0.25) is 5.91 Å². The Hall–Kier alpha value is -2.34. The van der Waals surface area contributed by atoms with E-state index in [1.54, 1.807) is 24.1 Å². The molecule has 2 aromatic rings. The number of benzene rings is 1. The summed E-state index contributed by atoms with van der Waals surface area (Å²) >= 11 is 5.97. The van der Waals surface area contributed by atoms with E-state index in [1.807, 2.05) is 19.1 Å². The minimum atomic E-state index is -0.519. The SMILES string of the molecule is C[C@@H](c1cccc(Cl)c1)N(C)C(=O)Cn1ccc(=O)n(C)c1=O. The largest absolute Gasteiger partial charge is 0.337 e. The van der Waals surface area contributed by atoms with E-state index in [-0.39, 0.29) is 18.5 Å². The molecule has 0 N–H and O–H groups in total. The second kappa shape index (κ2) is 6.83. The van der Waals surface area contributed by atoms with Crippen LogP contribution in [0.25, 0.3) is 0 Å². The van der Waals surface area contributed by atoms with Crippen LogP contribution in [0.15, 0.2) is 46.1 Å². The van der Waals surface area contributed by atoms with Gasteiger partial charge in [-0.05, 0) is 24.6 Å². The quantitative estimate of drug-likeness (QED) is 0.849. The maximum atomic E-state index is 12.4. The van der Waals surface area contributed by atoms with E-state index in [0.29, 0.717) is 5.02 Å².